The molecular weight excluding hydrogens is 298 g/mol. The second-order valence-corrected chi connectivity index (χ2v) is 6.85. The molecule has 0 saturated carbocycles. The number of ketones is 1. The van der Waals surface area contributed by atoms with Crippen LogP contribution in [0.5, 0.6) is 5.75 Å². The molecule has 3 aliphatic rings. The maximum Gasteiger partial charge on any atom is 0.153 e. The van der Waals surface area contributed by atoms with Crippen molar-refractivity contribution in [2.75, 3.05) is 13.1 Å². The molecule has 2 bridgehead atoms. The number of benzene rings is 2. The smallest absolute Gasteiger partial charge is 0.153 e. The van der Waals surface area contributed by atoms with E-state index < -0.39 is 0 Å². The van der Waals surface area contributed by atoms with Gasteiger partial charge in [0, 0.05) is 5.92 Å². The molecule has 0 amide bonds. The van der Waals surface area contributed by atoms with E-state index in [4.69, 9.17) is 4.74 Å². The minimum atomic E-state index is 0.0913. The normalized spacial score (nSPS) is 25.7. The van der Waals surface area contributed by atoms with Crippen molar-refractivity contribution in [3.63, 3.8) is 0 Å². The molecule has 3 saturated heterocycles. The van der Waals surface area contributed by atoms with Crippen LogP contribution in [0.3, 0.4) is 0 Å². The molecule has 3 nitrogen and oxygen atoms in total. The van der Waals surface area contributed by atoms with Crippen LogP contribution in [0, 0.1) is 5.92 Å². The maximum absolute atomic E-state index is 12.5. The first-order chi connectivity index (χ1) is 11.8. The van der Waals surface area contributed by atoms with E-state index in [9.17, 15) is 4.79 Å². The van der Waals surface area contributed by atoms with Crippen molar-refractivity contribution in [2.24, 2.45) is 5.92 Å². The Morgan fingerprint density at radius 2 is 1.62 bits per heavy atom. The fraction of sp³-hybridized carbons (Fsp3) is 0.381. The van der Waals surface area contributed by atoms with Crippen LogP contribution < -0.4 is 4.74 Å². The van der Waals surface area contributed by atoms with Gasteiger partial charge in [0.15, 0.2) is 5.78 Å². The van der Waals surface area contributed by atoms with Gasteiger partial charge in [-0.05, 0) is 55.6 Å². The molecule has 3 fully saturated rings. The highest BCUT2D eigenvalue weighted by Gasteiger charge is 2.40. The van der Waals surface area contributed by atoms with Crippen molar-refractivity contribution in [3.8, 4) is 5.75 Å². The minimum absolute atomic E-state index is 0.0913. The number of carbonyl (C=O) groups excluding carboxylic acids is 1. The third-order valence-electron chi connectivity index (χ3n) is 5.30. The molecule has 24 heavy (non-hydrogen) atoms. The van der Waals surface area contributed by atoms with E-state index in [-0.39, 0.29) is 6.04 Å². The van der Waals surface area contributed by atoms with Gasteiger partial charge in [-0.1, -0.05) is 42.5 Å². The molecule has 0 aliphatic carbocycles. The lowest BCUT2D eigenvalue weighted by atomic mass is 9.80. The van der Waals surface area contributed by atoms with E-state index in [0.29, 0.717) is 18.3 Å². The fourth-order valence-corrected chi connectivity index (χ4v) is 3.86. The topological polar surface area (TPSA) is 29.5 Å². The summed E-state index contributed by atoms with van der Waals surface area (Å²) in [5.41, 5.74) is 2.38. The number of ether oxygens (including phenoxy) is 1. The number of Topliss-reactive ketones (excluding diaryl/α,β-unsaturated/α-hetero) is 1. The zero-order valence-electron chi connectivity index (χ0n) is 13.9. The van der Waals surface area contributed by atoms with Crippen LogP contribution in [0.1, 0.15) is 24.0 Å². The van der Waals surface area contributed by atoms with Crippen LogP contribution in [-0.4, -0.2) is 29.8 Å². The Hall–Kier alpha value is -2.13. The van der Waals surface area contributed by atoms with Gasteiger partial charge in [0.25, 0.3) is 0 Å². The van der Waals surface area contributed by atoms with Crippen molar-refractivity contribution in [3.05, 3.63) is 65.7 Å². The van der Waals surface area contributed by atoms with Crippen molar-refractivity contribution in [2.45, 2.75) is 31.9 Å². The van der Waals surface area contributed by atoms with Gasteiger partial charge in [-0.3, -0.25) is 9.69 Å². The zero-order chi connectivity index (χ0) is 16.4. The number of nitrogens with zero attached hydrogens (tertiary/aromatic N) is 1. The Morgan fingerprint density at radius 1 is 0.917 bits per heavy atom. The van der Waals surface area contributed by atoms with Crippen molar-refractivity contribution in [1.29, 1.82) is 0 Å². The van der Waals surface area contributed by atoms with Gasteiger partial charge in [0.05, 0.1) is 6.04 Å². The summed E-state index contributed by atoms with van der Waals surface area (Å²) >= 11 is 0. The van der Waals surface area contributed by atoms with Gasteiger partial charge >= 0.3 is 0 Å². The molecular formula is C21H23NO2. The van der Waals surface area contributed by atoms with Crippen LogP contribution in [-0.2, 0) is 17.8 Å². The lowest BCUT2D eigenvalue weighted by Gasteiger charge is -2.44. The number of rotatable bonds is 5. The third kappa shape index (κ3) is 3.22. The monoisotopic (exact) mass is 321 g/mol. The third-order valence-corrected chi connectivity index (χ3v) is 5.30. The summed E-state index contributed by atoms with van der Waals surface area (Å²) in [6, 6.07) is 18.5. The Labute approximate surface area is 143 Å². The molecule has 0 radical (unpaired) electrons. The summed E-state index contributed by atoms with van der Waals surface area (Å²) in [6.07, 6.45) is 2.94. The van der Waals surface area contributed by atoms with Gasteiger partial charge in [0.2, 0.25) is 0 Å². The van der Waals surface area contributed by atoms with Crippen LogP contribution in [0.2, 0.25) is 0 Å². The fourth-order valence-electron chi connectivity index (χ4n) is 3.86. The lowest BCUT2D eigenvalue weighted by Crippen LogP contribution is -2.56. The Bertz CT molecular complexity index is 688. The van der Waals surface area contributed by atoms with E-state index in [1.54, 1.807) is 0 Å². The Morgan fingerprint density at radius 3 is 2.29 bits per heavy atom. The predicted molar refractivity (Wildman–Crippen MR) is 94.0 cm³/mol. The zero-order valence-corrected chi connectivity index (χ0v) is 13.9. The molecule has 3 heteroatoms. The van der Waals surface area contributed by atoms with Crippen molar-refractivity contribution < 1.29 is 9.53 Å². The molecule has 2 aromatic rings. The average molecular weight is 321 g/mol. The first-order valence-corrected chi connectivity index (χ1v) is 8.83. The highest BCUT2D eigenvalue weighted by molar-refractivity contribution is 5.88. The van der Waals surface area contributed by atoms with E-state index in [2.05, 4.69) is 29.2 Å². The quantitative estimate of drug-likeness (QED) is 0.844. The van der Waals surface area contributed by atoms with E-state index in [0.717, 1.165) is 38.1 Å². The van der Waals surface area contributed by atoms with Crippen molar-refractivity contribution in [1.82, 2.24) is 4.90 Å². The molecule has 3 aliphatic heterocycles. The second-order valence-electron chi connectivity index (χ2n) is 6.85. The molecule has 0 aromatic heterocycles. The van der Waals surface area contributed by atoms with Gasteiger partial charge in [-0.25, -0.2) is 0 Å². The average Bonchev–Trinajstić information content (AvgIpc) is 2.65. The number of hydrogen-bond acceptors (Lipinski definition) is 3. The first kappa shape index (κ1) is 15.4. The van der Waals surface area contributed by atoms with Gasteiger partial charge in [-0.2, -0.15) is 0 Å². The number of fused-ring (bicyclic) bond motifs is 3. The summed E-state index contributed by atoms with van der Waals surface area (Å²) in [5, 5.41) is 0. The van der Waals surface area contributed by atoms with Gasteiger partial charge < -0.3 is 4.74 Å². The second kappa shape index (κ2) is 6.78. The summed E-state index contributed by atoms with van der Waals surface area (Å²) in [7, 11) is 0. The molecule has 5 rings (SSSR count). The Kier molecular flexibility index (Phi) is 4.35. The van der Waals surface area contributed by atoms with Crippen LogP contribution in [0.25, 0.3) is 0 Å². The molecule has 2 aromatic carbocycles. The highest BCUT2D eigenvalue weighted by atomic mass is 16.5. The minimum Gasteiger partial charge on any atom is -0.489 e. The van der Waals surface area contributed by atoms with Crippen LogP contribution in [0.4, 0.5) is 0 Å². The van der Waals surface area contributed by atoms with Gasteiger partial charge in [-0.15, -0.1) is 0 Å². The number of hydrogen-bond donors (Lipinski definition) is 0. The molecule has 0 spiro atoms. The summed E-state index contributed by atoms with van der Waals surface area (Å²) < 4.78 is 5.83. The molecule has 0 unspecified atom stereocenters. The standard InChI is InChI=1S/C21H23NO2/c23-21-18-10-12-22(13-11-18)20(21)14-16-6-8-19(9-7-16)24-15-17-4-2-1-3-5-17/h1-9,18,20H,10-15H2/t20-/m0/s1. The number of piperidine rings is 3. The van der Waals surface area contributed by atoms with Crippen LogP contribution in [0.15, 0.2) is 54.6 Å². The molecule has 3 heterocycles. The van der Waals surface area contributed by atoms with E-state index in [1.165, 1.54) is 11.1 Å². The summed E-state index contributed by atoms with van der Waals surface area (Å²) in [6.45, 7) is 2.75. The number of carbonyl (C=O) groups is 1. The molecule has 1 atom stereocenters. The van der Waals surface area contributed by atoms with Crippen molar-refractivity contribution >= 4 is 5.78 Å². The van der Waals surface area contributed by atoms with E-state index in [1.807, 2.05) is 30.3 Å². The van der Waals surface area contributed by atoms with Gasteiger partial charge in [0.1, 0.15) is 12.4 Å². The highest BCUT2D eigenvalue weighted by Crippen LogP contribution is 2.30. The summed E-state index contributed by atoms with van der Waals surface area (Å²) in [5.74, 6) is 1.64. The first-order valence-electron chi connectivity index (χ1n) is 8.83. The lowest BCUT2D eigenvalue weighted by molar-refractivity contribution is -0.136. The molecule has 0 N–H and O–H groups in total. The SMILES string of the molecule is O=C1C2CCN(CC2)[C@H]1Cc1ccc(OCc2ccccc2)cc1. The van der Waals surface area contributed by atoms with E-state index >= 15 is 0 Å². The Balaban J connectivity index is 1.36. The largest absolute Gasteiger partial charge is 0.489 e. The summed E-state index contributed by atoms with van der Waals surface area (Å²) in [4.78, 5) is 14.8. The molecule has 124 valence electrons. The maximum atomic E-state index is 12.5. The van der Waals surface area contributed by atoms with Crippen LogP contribution >= 0.6 is 0 Å². The predicted octanol–water partition coefficient (Wildman–Crippen LogP) is 3.47.